The number of hydrogen-bond acceptors (Lipinski definition) is 4. The van der Waals surface area contributed by atoms with Crippen LogP contribution in [0.15, 0.2) is 24.3 Å². The maximum Gasteiger partial charge on any atom is 0.0727 e. The number of nitrogens with two attached hydrogens (primary N) is 1. The van der Waals surface area contributed by atoms with Crippen molar-refractivity contribution in [3.8, 4) is 0 Å². The third-order valence-electron chi connectivity index (χ3n) is 4.06. The van der Waals surface area contributed by atoms with Crippen molar-refractivity contribution in [2.24, 2.45) is 0 Å². The fourth-order valence-electron chi connectivity index (χ4n) is 2.92. The maximum absolute atomic E-state index is 5.94. The minimum absolute atomic E-state index is 0.523. The summed E-state index contributed by atoms with van der Waals surface area (Å²) in [5.41, 5.74) is 9.99. The summed E-state index contributed by atoms with van der Waals surface area (Å²) in [6.07, 6.45) is 2.14. The first-order chi connectivity index (χ1) is 9.65. The summed E-state index contributed by atoms with van der Waals surface area (Å²) in [7, 11) is 2.16. The molecule has 1 aromatic heterocycles. The largest absolute Gasteiger partial charge is 0.399 e. The van der Waals surface area contributed by atoms with Gasteiger partial charge in [0.2, 0.25) is 0 Å². The summed E-state index contributed by atoms with van der Waals surface area (Å²) >= 11 is 0. The van der Waals surface area contributed by atoms with Gasteiger partial charge in [-0.2, -0.15) is 0 Å². The third kappa shape index (κ3) is 2.43. The molecule has 0 unspecified atom stereocenters. The molecule has 0 saturated carbocycles. The number of nitrogen functional groups attached to an aromatic ring is 1. The molecule has 1 saturated heterocycles. The molecule has 0 bridgehead atoms. The van der Waals surface area contributed by atoms with Crippen molar-refractivity contribution in [2.75, 3.05) is 30.9 Å². The van der Waals surface area contributed by atoms with E-state index in [0.29, 0.717) is 6.04 Å². The van der Waals surface area contributed by atoms with Gasteiger partial charge in [-0.25, -0.2) is 0 Å². The highest BCUT2D eigenvalue weighted by Crippen LogP contribution is 2.30. The summed E-state index contributed by atoms with van der Waals surface area (Å²) < 4.78 is 5.46. The first kappa shape index (κ1) is 13.2. The van der Waals surface area contributed by atoms with Crippen LogP contribution in [0.1, 0.15) is 18.5 Å². The first-order valence-corrected chi connectivity index (χ1v) is 7.12. The average Bonchev–Trinajstić information content (AvgIpc) is 2.47. The summed E-state index contributed by atoms with van der Waals surface area (Å²) in [6, 6.07) is 8.60. The van der Waals surface area contributed by atoms with Crippen LogP contribution in [0.5, 0.6) is 0 Å². The Labute approximate surface area is 119 Å². The number of hydrogen-bond donors (Lipinski definition) is 1. The zero-order valence-corrected chi connectivity index (χ0v) is 12.1. The van der Waals surface area contributed by atoms with Gasteiger partial charge in [-0.1, -0.05) is 0 Å². The molecule has 1 aliphatic heterocycles. The number of anilines is 2. The molecule has 0 atom stereocenters. The maximum atomic E-state index is 5.94. The molecule has 2 N–H and O–H groups in total. The van der Waals surface area contributed by atoms with Crippen molar-refractivity contribution in [3.05, 3.63) is 30.0 Å². The van der Waals surface area contributed by atoms with E-state index < -0.39 is 0 Å². The van der Waals surface area contributed by atoms with Crippen molar-refractivity contribution in [2.45, 2.75) is 25.8 Å². The van der Waals surface area contributed by atoms with Crippen molar-refractivity contribution in [1.82, 2.24) is 4.98 Å². The van der Waals surface area contributed by atoms with Gasteiger partial charge in [0, 0.05) is 48.8 Å². The van der Waals surface area contributed by atoms with Crippen LogP contribution >= 0.6 is 0 Å². The van der Waals surface area contributed by atoms with Gasteiger partial charge in [-0.15, -0.1) is 0 Å². The van der Waals surface area contributed by atoms with E-state index in [1.807, 2.05) is 25.1 Å². The zero-order valence-electron chi connectivity index (χ0n) is 12.1. The number of fused-ring (bicyclic) bond motifs is 1. The highest BCUT2D eigenvalue weighted by Gasteiger charge is 2.20. The second-order valence-electron chi connectivity index (χ2n) is 5.51. The summed E-state index contributed by atoms with van der Waals surface area (Å²) in [5.74, 6) is 0. The molecule has 0 radical (unpaired) electrons. The molecule has 1 fully saturated rings. The van der Waals surface area contributed by atoms with Crippen LogP contribution in [0.2, 0.25) is 0 Å². The molecule has 2 aromatic rings. The fraction of sp³-hybridized carbons (Fsp3) is 0.438. The Kier molecular flexibility index (Phi) is 3.49. The molecule has 4 nitrogen and oxygen atoms in total. The Morgan fingerprint density at radius 1 is 1.25 bits per heavy atom. The molecule has 0 amide bonds. The number of nitrogens with zero attached hydrogens (tertiary/aromatic N) is 2. The molecular weight excluding hydrogens is 250 g/mol. The Morgan fingerprint density at radius 3 is 2.75 bits per heavy atom. The highest BCUT2D eigenvalue weighted by molar-refractivity contribution is 5.94. The van der Waals surface area contributed by atoms with E-state index in [9.17, 15) is 0 Å². The van der Waals surface area contributed by atoms with Gasteiger partial charge in [0.25, 0.3) is 0 Å². The number of pyridine rings is 1. The van der Waals surface area contributed by atoms with Gasteiger partial charge in [-0.3, -0.25) is 4.98 Å². The van der Waals surface area contributed by atoms with E-state index >= 15 is 0 Å². The number of rotatable bonds is 2. The lowest BCUT2D eigenvalue weighted by molar-refractivity contribution is 0.0855. The number of benzene rings is 1. The van der Waals surface area contributed by atoms with E-state index in [1.54, 1.807) is 0 Å². The van der Waals surface area contributed by atoms with Gasteiger partial charge < -0.3 is 15.4 Å². The number of aromatic nitrogens is 1. The fourth-order valence-corrected chi connectivity index (χ4v) is 2.92. The molecule has 0 aliphatic carbocycles. The van der Waals surface area contributed by atoms with Crippen LogP contribution in [0.4, 0.5) is 11.4 Å². The lowest BCUT2D eigenvalue weighted by Gasteiger charge is -2.33. The van der Waals surface area contributed by atoms with Crippen LogP contribution < -0.4 is 10.6 Å². The van der Waals surface area contributed by atoms with Crippen LogP contribution in [-0.4, -0.2) is 31.3 Å². The van der Waals surface area contributed by atoms with Crippen molar-refractivity contribution < 1.29 is 4.74 Å². The van der Waals surface area contributed by atoms with Gasteiger partial charge in [0.15, 0.2) is 0 Å². The summed E-state index contributed by atoms with van der Waals surface area (Å²) in [4.78, 5) is 6.96. The minimum Gasteiger partial charge on any atom is -0.399 e. The quantitative estimate of drug-likeness (QED) is 0.853. The van der Waals surface area contributed by atoms with Crippen LogP contribution in [0.25, 0.3) is 10.9 Å². The second kappa shape index (κ2) is 5.29. The molecule has 1 aromatic carbocycles. The molecule has 3 rings (SSSR count). The van der Waals surface area contributed by atoms with E-state index in [4.69, 9.17) is 10.5 Å². The van der Waals surface area contributed by atoms with Crippen molar-refractivity contribution in [1.29, 1.82) is 0 Å². The second-order valence-corrected chi connectivity index (χ2v) is 5.51. The van der Waals surface area contributed by atoms with Crippen LogP contribution in [0, 0.1) is 6.92 Å². The van der Waals surface area contributed by atoms with Gasteiger partial charge in [0.1, 0.15) is 0 Å². The normalized spacial score (nSPS) is 16.5. The Hall–Kier alpha value is -1.81. The number of aryl methyl sites for hydroxylation is 1. The number of ether oxygens (including phenoxy) is 1. The summed E-state index contributed by atoms with van der Waals surface area (Å²) in [6.45, 7) is 3.73. The van der Waals surface area contributed by atoms with Gasteiger partial charge in [0.05, 0.1) is 5.52 Å². The van der Waals surface area contributed by atoms with E-state index in [0.717, 1.165) is 48.3 Å². The molecule has 20 heavy (non-hydrogen) atoms. The monoisotopic (exact) mass is 271 g/mol. The topological polar surface area (TPSA) is 51.4 Å². The smallest absolute Gasteiger partial charge is 0.0727 e. The highest BCUT2D eigenvalue weighted by atomic mass is 16.5. The first-order valence-electron chi connectivity index (χ1n) is 7.12. The Morgan fingerprint density at radius 2 is 2.00 bits per heavy atom. The van der Waals surface area contributed by atoms with E-state index in [1.165, 1.54) is 5.69 Å². The zero-order chi connectivity index (χ0) is 14.1. The van der Waals surface area contributed by atoms with Gasteiger partial charge in [-0.05, 0) is 44.0 Å². The van der Waals surface area contributed by atoms with Crippen molar-refractivity contribution >= 4 is 22.3 Å². The van der Waals surface area contributed by atoms with Crippen LogP contribution in [-0.2, 0) is 4.74 Å². The molecule has 0 spiro atoms. The van der Waals surface area contributed by atoms with E-state index in [2.05, 4.69) is 23.0 Å². The standard InChI is InChI=1S/C16H21N3O/c1-11-9-16(19(2)13-5-7-20-8-6-13)14-10-12(17)3-4-15(14)18-11/h3-4,9-10,13H,5-8,17H2,1-2H3. The average molecular weight is 271 g/mol. The van der Waals surface area contributed by atoms with E-state index in [-0.39, 0.29) is 0 Å². The predicted molar refractivity (Wildman–Crippen MR) is 83.1 cm³/mol. The summed E-state index contributed by atoms with van der Waals surface area (Å²) in [5, 5.41) is 1.13. The molecule has 1 aliphatic rings. The minimum atomic E-state index is 0.523. The van der Waals surface area contributed by atoms with Gasteiger partial charge >= 0.3 is 0 Å². The molecule has 106 valence electrons. The Balaban J connectivity index is 2.06. The lowest BCUT2D eigenvalue weighted by atomic mass is 10.0. The predicted octanol–water partition coefficient (Wildman–Crippen LogP) is 2.74. The molecule has 4 heteroatoms. The third-order valence-corrected chi connectivity index (χ3v) is 4.06. The molecular formula is C16H21N3O. The molecule has 2 heterocycles. The Bertz CT molecular complexity index is 620. The lowest BCUT2D eigenvalue weighted by Crippen LogP contribution is -2.36. The van der Waals surface area contributed by atoms with Crippen LogP contribution in [0.3, 0.4) is 0 Å². The van der Waals surface area contributed by atoms with Crippen molar-refractivity contribution in [3.63, 3.8) is 0 Å². The SMILES string of the molecule is Cc1cc(N(C)C2CCOCC2)c2cc(N)ccc2n1.